The smallest absolute Gasteiger partial charge is 0.0738 e. The number of nitrogens with one attached hydrogen (secondary N) is 1. The Morgan fingerprint density at radius 2 is 2.31 bits per heavy atom. The minimum Gasteiger partial charge on any atom is -0.373 e. The quantitative estimate of drug-likeness (QED) is 0.587. The third kappa shape index (κ3) is 1.70. The molecule has 16 heavy (non-hydrogen) atoms. The number of rotatable bonds is 0. The summed E-state index contributed by atoms with van der Waals surface area (Å²) in [5, 5.41) is 4.26. The summed E-state index contributed by atoms with van der Waals surface area (Å²) < 4.78 is 5.91. The number of hydrogen-bond acceptors (Lipinski definition) is 2. The van der Waals surface area contributed by atoms with Crippen LogP contribution in [0.5, 0.6) is 0 Å². The fourth-order valence-electron chi connectivity index (χ4n) is 2.63. The van der Waals surface area contributed by atoms with Gasteiger partial charge in [0.25, 0.3) is 0 Å². The summed E-state index contributed by atoms with van der Waals surface area (Å²) in [6.07, 6.45) is 1.38. The van der Waals surface area contributed by atoms with Gasteiger partial charge in [0.05, 0.1) is 17.7 Å². The van der Waals surface area contributed by atoms with Crippen LogP contribution in [-0.4, -0.2) is 17.6 Å². The highest BCUT2D eigenvalue weighted by Gasteiger charge is 2.38. The number of alkyl halides is 1. The molecule has 0 aliphatic carbocycles. The molecule has 0 radical (unpaired) electrons. The highest BCUT2D eigenvalue weighted by atomic mass is 79.9. The molecule has 0 amide bonds. The van der Waals surface area contributed by atoms with Crippen LogP contribution in [0.25, 0.3) is 0 Å². The van der Waals surface area contributed by atoms with Gasteiger partial charge in [0, 0.05) is 10.9 Å². The van der Waals surface area contributed by atoms with E-state index in [1.807, 2.05) is 12.1 Å². The second-order valence-corrected chi connectivity index (χ2v) is 5.72. The number of benzene rings is 1. The lowest BCUT2D eigenvalue weighted by Gasteiger charge is -2.40. The molecule has 1 N–H and O–H groups in total. The molecule has 3 atom stereocenters. The summed E-state index contributed by atoms with van der Waals surface area (Å²) in [7, 11) is 0. The van der Waals surface area contributed by atoms with Crippen molar-refractivity contribution < 1.29 is 4.74 Å². The van der Waals surface area contributed by atoms with Crippen LogP contribution < -0.4 is 5.32 Å². The lowest BCUT2D eigenvalue weighted by Crippen LogP contribution is -2.46. The first-order valence-corrected chi connectivity index (χ1v) is 6.83. The third-order valence-corrected chi connectivity index (χ3v) is 4.69. The fraction of sp³-hybridized carbons (Fsp3) is 0.500. The first-order chi connectivity index (χ1) is 7.77. The molecule has 2 nitrogen and oxygen atoms in total. The van der Waals surface area contributed by atoms with Crippen LogP contribution in [0.4, 0.5) is 0 Å². The number of ether oxygens (including phenoxy) is 1. The molecule has 2 heterocycles. The van der Waals surface area contributed by atoms with E-state index in [1.54, 1.807) is 0 Å². The topological polar surface area (TPSA) is 21.3 Å². The molecule has 1 aromatic rings. The number of piperidine rings is 1. The Hall–Kier alpha value is -0.0900. The van der Waals surface area contributed by atoms with Crippen LogP contribution in [-0.2, 0) is 11.3 Å². The van der Waals surface area contributed by atoms with Gasteiger partial charge in [-0.15, -0.1) is 0 Å². The molecule has 0 bridgehead atoms. The predicted octanol–water partition coefficient (Wildman–Crippen LogP) is 3.04. The van der Waals surface area contributed by atoms with Gasteiger partial charge in [0.2, 0.25) is 0 Å². The highest BCUT2D eigenvalue weighted by molar-refractivity contribution is 9.09. The second-order valence-electron chi connectivity index (χ2n) is 4.33. The lowest BCUT2D eigenvalue weighted by molar-refractivity contribution is -0.00957. The van der Waals surface area contributed by atoms with Gasteiger partial charge in [-0.2, -0.15) is 0 Å². The molecule has 1 saturated heterocycles. The Morgan fingerprint density at radius 1 is 1.44 bits per heavy atom. The second kappa shape index (κ2) is 4.30. The van der Waals surface area contributed by atoms with Gasteiger partial charge in [-0.25, -0.2) is 0 Å². The van der Waals surface area contributed by atoms with Gasteiger partial charge in [-0.3, -0.25) is 0 Å². The number of halogens is 2. The molecule has 0 spiro atoms. The fourth-order valence-corrected chi connectivity index (χ4v) is 3.72. The Labute approximate surface area is 108 Å². The Bertz CT molecular complexity index is 412. The van der Waals surface area contributed by atoms with Gasteiger partial charge in [-0.05, 0) is 30.2 Å². The van der Waals surface area contributed by atoms with Crippen molar-refractivity contribution in [1.82, 2.24) is 5.32 Å². The van der Waals surface area contributed by atoms with Gasteiger partial charge < -0.3 is 10.1 Å². The average molecular weight is 303 g/mol. The van der Waals surface area contributed by atoms with E-state index in [0.717, 1.165) is 23.6 Å². The number of fused-ring (bicyclic) bond motifs is 3. The van der Waals surface area contributed by atoms with E-state index < -0.39 is 0 Å². The Morgan fingerprint density at radius 3 is 3.19 bits per heavy atom. The molecule has 4 heteroatoms. The zero-order chi connectivity index (χ0) is 11.1. The predicted molar refractivity (Wildman–Crippen MR) is 68.1 cm³/mol. The standard InChI is InChI=1S/C12H13BrClNO/c13-12-11-7-2-1-3-9(14)8(7)6-16-10(11)4-5-15-12/h1-3,10-12,15H,4-6H2. The maximum absolute atomic E-state index is 6.21. The SMILES string of the molecule is Clc1cccc2c1COC1CCNC(Br)C21. The molecular weight excluding hydrogens is 289 g/mol. The molecule has 3 unspecified atom stereocenters. The van der Waals surface area contributed by atoms with Crippen LogP contribution in [0.3, 0.4) is 0 Å². The summed E-state index contributed by atoms with van der Waals surface area (Å²) >= 11 is 9.90. The van der Waals surface area contributed by atoms with E-state index in [9.17, 15) is 0 Å². The van der Waals surface area contributed by atoms with Gasteiger partial charge in [0.15, 0.2) is 0 Å². The summed E-state index contributed by atoms with van der Waals surface area (Å²) in [5.74, 6) is 0.371. The van der Waals surface area contributed by atoms with E-state index in [-0.39, 0.29) is 4.95 Å². The monoisotopic (exact) mass is 301 g/mol. The molecule has 86 valence electrons. The highest BCUT2D eigenvalue weighted by Crippen LogP contribution is 2.41. The van der Waals surface area contributed by atoms with Gasteiger partial charge in [0.1, 0.15) is 0 Å². The third-order valence-electron chi connectivity index (χ3n) is 3.44. The molecule has 1 aromatic carbocycles. The van der Waals surface area contributed by atoms with Crippen molar-refractivity contribution in [3.63, 3.8) is 0 Å². The minimum absolute atomic E-state index is 0.281. The van der Waals surface area contributed by atoms with Crippen LogP contribution in [0.15, 0.2) is 18.2 Å². The molecule has 1 fully saturated rings. The molecule has 2 aliphatic heterocycles. The van der Waals surface area contributed by atoms with Crippen LogP contribution in [0.1, 0.15) is 23.5 Å². The first-order valence-electron chi connectivity index (χ1n) is 5.53. The largest absolute Gasteiger partial charge is 0.373 e. The lowest BCUT2D eigenvalue weighted by atomic mass is 9.84. The summed E-state index contributed by atoms with van der Waals surface area (Å²) in [6.45, 7) is 1.66. The zero-order valence-electron chi connectivity index (χ0n) is 8.75. The van der Waals surface area contributed by atoms with E-state index in [0.29, 0.717) is 18.6 Å². The van der Waals surface area contributed by atoms with Crippen molar-refractivity contribution in [2.75, 3.05) is 6.54 Å². The van der Waals surface area contributed by atoms with E-state index in [2.05, 4.69) is 27.3 Å². The van der Waals surface area contributed by atoms with Gasteiger partial charge >= 0.3 is 0 Å². The Balaban J connectivity index is 2.06. The maximum atomic E-state index is 6.21. The first kappa shape index (κ1) is 11.0. The summed E-state index contributed by atoms with van der Waals surface area (Å²) in [5.41, 5.74) is 2.48. The van der Waals surface area contributed by atoms with E-state index in [1.165, 1.54) is 5.56 Å². The zero-order valence-corrected chi connectivity index (χ0v) is 11.1. The van der Waals surface area contributed by atoms with Crippen molar-refractivity contribution in [3.8, 4) is 0 Å². The van der Waals surface area contributed by atoms with Crippen molar-refractivity contribution in [2.45, 2.75) is 30.0 Å². The van der Waals surface area contributed by atoms with Gasteiger partial charge in [-0.1, -0.05) is 39.7 Å². The summed E-state index contributed by atoms with van der Waals surface area (Å²) in [4.78, 5) is 0.281. The molecular formula is C12H13BrClNO. The molecule has 3 rings (SSSR count). The Kier molecular flexibility index (Phi) is 2.96. The maximum Gasteiger partial charge on any atom is 0.0738 e. The molecule has 0 saturated carbocycles. The van der Waals surface area contributed by atoms with E-state index in [4.69, 9.17) is 16.3 Å². The number of hydrogen-bond donors (Lipinski definition) is 1. The van der Waals surface area contributed by atoms with Crippen LogP contribution in [0.2, 0.25) is 5.02 Å². The molecule has 2 aliphatic rings. The van der Waals surface area contributed by atoms with Crippen molar-refractivity contribution >= 4 is 27.5 Å². The minimum atomic E-state index is 0.281. The van der Waals surface area contributed by atoms with Crippen molar-refractivity contribution in [2.24, 2.45) is 0 Å². The van der Waals surface area contributed by atoms with Crippen molar-refractivity contribution in [3.05, 3.63) is 34.3 Å². The van der Waals surface area contributed by atoms with Crippen LogP contribution in [0, 0.1) is 0 Å². The summed E-state index contributed by atoms with van der Waals surface area (Å²) in [6, 6.07) is 6.13. The van der Waals surface area contributed by atoms with Crippen LogP contribution >= 0.6 is 27.5 Å². The van der Waals surface area contributed by atoms with Crippen molar-refractivity contribution in [1.29, 1.82) is 0 Å². The van der Waals surface area contributed by atoms with E-state index >= 15 is 0 Å². The normalized spacial score (nSPS) is 33.0. The average Bonchev–Trinajstić information content (AvgIpc) is 2.29. The molecule has 0 aromatic heterocycles.